The van der Waals surface area contributed by atoms with Crippen molar-refractivity contribution in [2.24, 2.45) is 0 Å². The summed E-state index contributed by atoms with van der Waals surface area (Å²) in [5, 5.41) is 0.505. The molecule has 1 fully saturated rings. The molecule has 1 saturated heterocycles. The Kier molecular flexibility index (Phi) is 5.81. The van der Waals surface area contributed by atoms with Crippen molar-refractivity contribution in [3.05, 3.63) is 82.9 Å². The van der Waals surface area contributed by atoms with E-state index >= 15 is 0 Å². The monoisotopic (exact) mass is 492 g/mol. The predicted octanol–water partition coefficient (Wildman–Crippen LogP) is 4.26. The summed E-state index contributed by atoms with van der Waals surface area (Å²) in [7, 11) is 3.10. The zero-order chi connectivity index (χ0) is 24.7. The summed E-state index contributed by atoms with van der Waals surface area (Å²) in [5.41, 5.74) is 1.21. The number of rotatable bonds is 6. The highest BCUT2D eigenvalue weighted by molar-refractivity contribution is 6.30. The summed E-state index contributed by atoms with van der Waals surface area (Å²) in [5.74, 6) is 1.04. The minimum Gasteiger partial charge on any atom is -0.496 e. The van der Waals surface area contributed by atoms with Gasteiger partial charge in [-0.25, -0.2) is 0 Å². The molecule has 0 aliphatic carbocycles. The highest BCUT2D eigenvalue weighted by atomic mass is 35.5. The van der Waals surface area contributed by atoms with E-state index in [0.29, 0.717) is 34.5 Å². The first-order valence-corrected chi connectivity index (χ1v) is 11.7. The molecule has 0 bridgehead atoms. The van der Waals surface area contributed by atoms with E-state index in [-0.39, 0.29) is 18.4 Å². The molecular weight excluding hydrogens is 468 g/mol. The van der Waals surface area contributed by atoms with Gasteiger partial charge in [0.15, 0.2) is 0 Å². The molecule has 3 aromatic carbocycles. The maximum absolute atomic E-state index is 13.6. The van der Waals surface area contributed by atoms with Crippen molar-refractivity contribution in [3.63, 3.8) is 0 Å². The van der Waals surface area contributed by atoms with E-state index < -0.39 is 11.6 Å². The molecule has 0 spiro atoms. The number of anilines is 1. The van der Waals surface area contributed by atoms with Gasteiger partial charge in [0.2, 0.25) is 12.0 Å². The minimum absolute atomic E-state index is 0.0742. The molecule has 0 radical (unpaired) electrons. The van der Waals surface area contributed by atoms with E-state index in [0.717, 1.165) is 11.1 Å². The molecule has 8 heteroatoms. The topological polar surface area (TPSA) is 68.3 Å². The predicted molar refractivity (Wildman–Crippen MR) is 132 cm³/mol. The second-order valence-corrected chi connectivity index (χ2v) is 8.84. The van der Waals surface area contributed by atoms with E-state index in [2.05, 4.69) is 0 Å². The molecule has 0 saturated carbocycles. The van der Waals surface area contributed by atoms with Crippen LogP contribution in [0.4, 0.5) is 5.69 Å². The van der Waals surface area contributed by atoms with Crippen molar-refractivity contribution in [2.45, 2.75) is 18.6 Å². The van der Waals surface area contributed by atoms with Crippen molar-refractivity contribution in [3.8, 4) is 17.2 Å². The van der Waals surface area contributed by atoms with Crippen LogP contribution < -0.4 is 19.1 Å². The van der Waals surface area contributed by atoms with Crippen LogP contribution in [0.2, 0.25) is 5.02 Å². The Morgan fingerprint density at radius 3 is 2.23 bits per heavy atom. The molecule has 3 aromatic rings. The zero-order valence-electron chi connectivity index (χ0n) is 19.7. The summed E-state index contributed by atoms with van der Waals surface area (Å²) in [6, 6.07) is 20.2. The standard InChI is InChI=1S/C27H25ClN2O5/c1-4-29-23-11-10-18(28)12-22(23)27(17-8-6-5-7-9-17)25(26(32)30(27)16-24(29)31)35-21-14-19(33-2)13-20(15-21)34-3/h5-15,25H,4,16H2,1-3H3. The highest BCUT2D eigenvalue weighted by Crippen LogP contribution is 2.53. The number of benzene rings is 3. The normalized spacial score (nSPS) is 21.0. The number of β-lactam (4-membered cyclic amide) rings is 1. The van der Waals surface area contributed by atoms with E-state index in [4.69, 9.17) is 25.8 Å². The number of likely N-dealkylation sites (N-methyl/N-ethyl adjacent to an activating group) is 1. The molecule has 5 rings (SSSR count). The van der Waals surface area contributed by atoms with Gasteiger partial charge in [0, 0.05) is 41.0 Å². The van der Waals surface area contributed by atoms with Crippen LogP contribution in [0.25, 0.3) is 0 Å². The first-order chi connectivity index (χ1) is 16.9. The van der Waals surface area contributed by atoms with Crippen LogP contribution in [0.15, 0.2) is 66.7 Å². The van der Waals surface area contributed by atoms with Crippen LogP contribution in [-0.2, 0) is 15.1 Å². The van der Waals surface area contributed by atoms with Gasteiger partial charge in [-0.1, -0.05) is 41.9 Å². The minimum atomic E-state index is -1.06. The largest absolute Gasteiger partial charge is 0.496 e. The Morgan fingerprint density at radius 2 is 1.60 bits per heavy atom. The lowest BCUT2D eigenvalue weighted by molar-refractivity contribution is -0.177. The summed E-state index contributed by atoms with van der Waals surface area (Å²) in [6.07, 6.45) is -0.941. The molecule has 0 N–H and O–H groups in total. The number of carbonyl (C=O) groups excluding carboxylic acids is 2. The van der Waals surface area contributed by atoms with Crippen molar-refractivity contribution < 1.29 is 23.8 Å². The summed E-state index contributed by atoms with van der Waals surface area (Å²) in [6.45, 7) is 2.29. The maximum atomic E-state index is 13.6. The van der Waals surface area contributed by atoms with E-state index in [1.165, 1.54) is 0 Å². The first kappa shape index (κ1) is 23.1. The van der Waals surface area contributed by atoms with Crippen LogP contribution >= 0.6 is 11.6 Å². The van der Waals surface area contributed by atoms with Gasteiger partial charge in [0.25, 0.3) is 5.91 Å². The summed E-state index contributed by atoms with van der Waals surface area (Å²) < 4.78 is 17.2. The van der Waals surface area contributed by atoms with Gasteiger partial charge in [-0.3, -0.25) is 9.59 Å². The fraction of sp³-hybridized carbons (Fsp3) is 0.259. The van der Waals surface area contributed by atoms with Gasteiger partial charge in [-0.2, -0.15) is 0 Å². The van der Waals surface area contributed by atoms with Crippen LogP contribution in [0.1, 0.15) is 18.1 Å². The first-order valence-electron chi connectivity index (χ1n) is 11.3. The summed E-state index contributed by atoms with van der Waals surface area (Å²) >= 11 is 6.49. The number of hydrogen-bond acceptors (Lipinski definition) is 5. The van der Waals surface area contributed by atoms with E-state index in [1.54, 1.807) is 48.3 Å². The second kappa shape index (κ2) is 8.82. The van der Waals surface area contributed by atoms with Gasteiger partial charge in [-0.15, -0.1) is 0 Å². The maximum Gasteiger partial charge on any atom is 0.268 e. The quantitative estimate of drug-likeness (QED) is 0.481. The van der Waals surface area contributed by atoms with E-state index in [1.807, 2.05) is 49.4 Å². The van der Waals surface area contributed by atoms with Crippen molar-refractivity contribution in [1.29, 1.82) is 0 Å². The molecular formula is C27H25ClN2O5. The number of ether oxygens (including phenoxy) is 3. The van der Waals surface area contributed by atoms with Gasteiger partial charge in [0.1, 0.15) is 29.3 Å². The van der Waals surface area contributed by atoms with Crippen LogP contribution in [0, 0.1) is 0 Å². The Balaban J connectivity index is 1.74. The number of carbonyl (C=O) groups is 2. The third-order valence-electron chi connectivity index (χ3n) is 6.66. The Morgan fingerprint density at radius 1 is 0.943 bits per heavy atom. The Hall–Kier alpha value is -3.71. The van der Waals surface area contributed by atoms with Gasteiger partial charge in [-0.05, 0) is 30.7 Å². The highest BCUT2D eigenvalue weighted by Gasteiger charge is 2.66. The Bertz CT molecular complexity index is 1280. The number of hydrogen-bond donors (Lipinski definition) is 0. The fourth-order valence-corrected chi connectivity index (χ4v) is 5.26. The molecule has 2 aliphatic rings. The van der Waals surface area contributed by atoms with Crippen LogP contribution in [-0.4, -0.2) is 50.1 Å². The molecule has 2 amide bonds. The molecule has 2 heterocycles. The number of halogens is 1. The van der Waals surface area contributed by atoms with Gasteiger partial charge < -0.3 is 24.0 Å². The average molecular weight is 493 g/mol. The van der Waals surface area contributed by atoms with Crippen molar-refractivity contribution >= 4 is 29.1 Å². The third kappa shape index (κ3) is 3.49. The lowest BCUT2D eigenvalue weighted by atomic mass is 9.69. The second-order valence-electron chi connectivity index (χ2n) is 8.40. The number of nitrogens with zero attached hydrogens (tertiary/aromatic N) is 2. The number of methoxy groups -OCH3 is 2. The molecule has 2 unspecified atom stereocenters. The summed E-state index contributed by atoms with van der Waals surface area (Å²) in [4.78, 5) is 30.2. The smallest absolute Gasteiger partial charge is 0.268 e. The van der Waals surface area contributed by atoms with Gasteiger partial charge in [0.05, 0.1) is 14.2 Å². The molecule has 180 valence electrons. The third-order valence-corrected chi connectivity index (χ3v) is 6.89. The van der Waals surface area contributed by atoms with E-state index in [9.17, 15) is 9.59 Å². The molecule has 2 aliphatic heterocycles. The van der Waals surface area contributed by atoms with Crippen LogP contribution in [0.5, 0.6) is 17.2 Å². The number of amides is 2. The Labute approximate surface area is 208 Å². The fourth-order valence-electron chi connectivity index (χ4n) is 5.09. The van der Waals surface area contributed by atoms with Crippen LogP contribution in [0.3, 0.4) is 0 Å². The van der Waals surface area contributed by atoms with Gasteiger partial charge >= 0.3 is 0 Å². The van der Waals surface area contributed by atoms with Crippen molar-refractivity contribution in [2.75, 3.05) is 32.2 Å². The molecule has 35 heavy (non-hydrogen) atoms. The molecule has 0 aromatic heterocycles. The average Bonchev–Trinajstić information content (AvgIpc) is 2.98. The number of fused-ring (bicyclic) bond motifs is 3. The lowest BCUT2D eigenvalue weighted by Crippen LogP contribution is -2.74. The molecule has 2 atom stereocenters. The van der Waals surface area contributed by atoms with Crippen molar-refractivity contribution in [1.82, 2.24) is 4.90 Å². The molecule has 7 nitrogen and oxygen atoms in total. The zero-order valence-corrected chi connectivity index (χ0v) is 20.4. The lowest BCUT2D eigenvalue weighted by Gasteiger charge is -2.56. The SMILES string of the molecule is CCN1C(=O)CN2C(=O)C(Oc3cc(OC)cc(OC)c3)C2(c2ccccc2)c2cc(Cl)ccc21.